The summed E-state index contributed by atoms with van der Waals surface area (Å²) >= 11 is 0. The van der Waals surface area contributed by atoms with Gasteiger partial charge in [0.15, 0.2) is 17.7 Å². The van der Waals surface area contributed by atoms with E-state index in [1.165, 1.54) is 0 Å². The molecule has 1 aliphatic rings. The van der Waals surface area contributed by atoms with Crippen molar-refractivity contribution in [3.05, 3.63) is 17.8 Å². The molecule has 2 rings (SSSR count). The molecular weight excluding hydrogens is 191 g/mol. The Balaban J connectivity index is 2.32. The van der Waals surface area contributed by atoms with Gasteiger partial charge in [0.2, 0.25) is 0 Å². The van der Waals surface area contributed by atoms with Crippen molar-refractivity contribution in [1.82, 2.24) is 4.98 Å². The number of fused-ring (bicyclic) bond motifs is 1. The number of ether oxygens (including phenoxy) is 1. The SMILES string of the molecule is [B]Cc1ccc2c(n1)NC(=O)C(CC)O2. The number of amides is 1. The van der Waals surface area contributed by atoms with Crippen LogP contribution in [0.5, 0.6) is 5.75 Å². The van der Waals surface area contributed by atoms with Crippen molar-refractivity contribution in [2.75, 3.05) is 5.32 Å². The largest absolute Gasteiger partial charge is 0.477 e. The van der Waals surface area contributed by atoms with Crippen LogP contribution in [0.1, 0.15) is 19.0 Å². The third-order valence-corrected chi connectivity index (χ3v) is 2.30. The van der Waals surface area contributed by atoms with Crippen LogP contribution in [0, 0.1) is 0 Å². The number of nitrogens with one attached hydrogen (secondary N) is 1. The highest BCUT2D eigenvalue weighted by molar-refractivity contribution is 6.08. The Morgan fingerprint density at radius 2 is 2.40 bits per heavy atom. The Kier molecular flexibility index (Phi) is 2.62. The van der Waals surface area contributed by atoms with Crippen molar-refractivity contribution in [1.29, 1.82) is 0 Å². The number of carbonyl (C=O) groups is 1. The van der Waals surface area contributed by atoms with Crippen LogP contribution in [0.25, 0.3) is 0 Å². The van der Waals surface area contributed by atoms with Gasteiger partial charge in [0.1, 0.15) is 0 Å². The van der Waals surface area contributed by atoms with Gasteiger partial charge in [0.05, 0.1) is 7.85 Å². The van der Waals surface area contributed by atoms with Gasteiger partial charge in [-0.05, 0) is 24.9 Å². The lowest BCUT2D eigenvalue weighted by Crippen LogP contribution is -2.36. The summed E-state index contributed by atoms with van der Waals surface area (Å²) in [7, 11) is 5.46. The topological polar surface area (TPSA) is 51.2 Å². The molecular formula is C10H11BN2O2. The predicted octanol–water partition coefficient (Wildman–Crippen LogP) is 0.860. The summed E-state index contributed by atoms with van der Waals surface area (Å²) in [4.78, 5) is 15.6. The van der Waals surface area contributed by atoms with E-state index in [1.54, 1.807) is 12.1 Å². The van der Waals surface area contributed by atoms with Gasteiger partial charge in [0.25, 0.3) is 5.91 Å². The second-order valence-corrected chi connectivity index (χ2v) is 3.36. The molecule has 1 amide bonds. The van der Waals surface area contributed by atoms with Gasteiger partial charge in [-0.1, -0.05) is 6.92 Å². The molecule has 0 bridgehead atoms. The molecule has 0 fully saturated rings. The second-order valence-electron chi connectivity index (χ2n) is 3.36. The van der Waals surface area contributed by atoms with Crippen LogP contribution in [0.4, 0.5) is 5.82 Å². The third kappa shape index (κ3) is 1.82. The number of nitrogens with zero attached hydrogens (tertiary/aromatic N) is 1. The molecule has 1 unspecified atom stereocenters. The predicted molar refractivity (Wildman–Crippen MR) is 57.0 cm³/mol. The highest BCUT2D eigenvalue weighted by Gasteiger charge is 2.26. The van der Waals surface area contributed by atoms with Crippen molar-refractivity contribution in [2.24, 2.45) is 0 Å². The highest BCUT2D eigenvalue weighted by Crippen LogP contribution is 2.28. The van der Waals surface area contributed by atoms with Crippen molar-refractivity contribution < 1.29 is 9.53 Å². The molecule has 5 heteroatoms. The molecule has 15 heavy (non-hydrogen) atoms. The molecule has 76 valence electrons. The Hall–Kier alpha value is -1.52. The molecule has 1 N–H and O–H groups in total. The van der Waals surface area contributed by atoms with Gasteiger partial charge in [-0.15, -0.1) is 0 Å². The van der Waals surface area contributed by atoms with Gasteiger partial charge < -0.3 is 10.1 Å². The molecule has 0 aromatic carbocycles. The summed E-state index contributed by atoms with van der Waals surface area (Å²) in [5.74, 6) is 0.929. The van der Waals surface area contributed by atoms with E-state index in [-0.39, 0.29) is 5.91 Å². The summed E-state index contributed by atoms with van der Waals surface area (Å²) < 4.78 is 5.48. The second kappa shape index (κ2) is 3.92. The summed E-state index contributed by atoms with van der Waals surface area (Å²) in [5, 5.41) is 2.70. The van der Waals surface area contributed by atoms with Gasteiger partial charge in [-0.25, -0.2) is 4.98 Å². The van der Waals surface area contributed by atoms with E-state index >= 15 is 0 Å². The van der Waals surface area contributed by atoms with Crippen LogP contribution in [-0.2, 0) is 11.1 Å². The van der Waals surface area contributed by atoms with E-state index in [0.717, 1.165) is 5.69 Å². The standard InChI is InChI=1S/C10H11BN2O2/c1-2-7-10(14)13-9-8(15-7)4-3-6(5-11)12-9/h3-4,7H,2,5H2,1H3,(H,12,13,14). The van der Waals surface area contributed by atoms with Gasteiger partial charge in [-0.2, -0.15) is 0 Å². The number of aromatic nitrogens is 1. The zero-order chi connectivity index (χ0) is 10.8. The fraction of sp³-hybridized carbons (Fsp3) is 0.400. The van der Waals surface area contributed by atoms with Gasteiger partial charge >= 0.3 is 0 Å². The van der Waals surface area contributed by atoms with Crippen LogP contribution < -0.4 is 10.1 Å². The summed E-state index contributed by atoms with van der Waals surface area (Å²) in [6, 6.07) is 3.58. The Morgan fingerprint density at radius 1 is 1.60 bits per heavy atom. The molecule has 4 nitrogen and oxygen atoms in total. The number of pyridine rings is 1. The van der Waals surface area contributed by atoms with Crippen molar-refractivity contribution in [3.8, 4) is 5.75 Å². The van der Waals surface area contributed by atoms with E-state index in [0.29, 0.717) is 24.3 Å². The molecule has 2 radical (unpaired) electrons. The lowest BCUT2D eigenvalue weighted by molar-refractivity contribution is -0.123. The molecule has 1 aromatic heterocycles. The first-order valence-electron chi connectivity index (χ1n) is 4.92. The first kappa shape index (κ1) is 10.0. The fourth-order valence-electron chi connectivity index (χ4n) is 1.46. The van der Waals surface area contributed by atoms with Gasteiger partial charge in [0, 0.05) is 5.69 Å². The third-order valence-electron chi connectivity index (χ3n) is 2.30. The summed E-state index contributed by atoms with van der Waals surface area (Å²) in [6.07, 6.45) is 0.576. The average molecular weight is 202 g/mol. The fourth-order valence-corrected chi connectivity index (χ4v) is 1.46. The molecule has 0 aliphatic carbocycles. The smallest absolute Gasteiger partial charge is 0.266 e. The monoisotopic (exact) mass is 202 g/mol. The summed E-state index contributed by atoms with van der Waals surface area (Å²) in [5.41, 5.74) is 0.729. The Morgan fingerprint density at radius 3 is 3.07 bits per heavy atom. The molecule has 0 saturated carbocycles. The summed E-state index contributed by atoms with van der Waals surface area (Å²) in [6.45, 7) is 1.90. The van der Waals surface area contributed by atoms with E-state index < -0.39 is 6.10 Å². The number of hydrogen-bond donors (Lipinski definition) is 1. The first-order chi connectivity index (χ1) is 7.24. The maximum absolute atomic E-state index is 11.5. The van der Waals surface area contributed by atoms with E-state index in [9.17, 15) is 4.79 Å². The highest BCUT2D eigenvalue weighted by atomic mass is 16.5. The lowest BCUT2D eigenvalue weighted by Gasteiger charge is -2.24. The molecule has 1 atom stereocenters. The molecule has 1 aliphatic heterocycles. The quantitative estimate of drug-likeness (QED) is 0.723. The van der Waals surface area contributed by atoms with E-state index in [2.05, 4.69) is 10.3 Å². The minimum Gasteiger partial charge on any atom is -0.477 e. The molecule has 2 heterocycles. The maximum Gasteiger partial charge on any atom is 0.266 e. The van der Waals surface area contributed by atoms with Gasteiger partial charge in [-0.3, -0.25) is 4.79 Å². The Labute approximate surface area is 89.4 Å². The van der Waals surface area contributed by atoms with Crippen LogP contribution in [0.15, 0.2) is 12.1 Å². The maximum atomic E-state index is 11.5. The van der Waals surface area contributed by atoms with Crippen LogP contribution in [-0.4, -0.2) is 24.8 Å². The zero-order valence-electron chi connectivity index (χ0n) is 8.49. The van der Waals surface area contributed by atoms with Crippen molar-refractivity contribution >= 4 is 19.6 Å². The minimum atomic E-state index is -0.414. The van der Waals surface area contributed by atoms with Crippen molar-refractivity contribution in [2.45, 2.75) is 25.8 Å². The lowest BCUT2D eigenvalue weighted by atomic mass is 10.0. The average Bonchev–Trinajstić information content (AvgIpc) is 2.27. The van der Waals surface area contributed by atoms with Crippen LogP contribution in [0.3, 0.4) is 0 Å². The Bertz CT molecular complexity index is 395. The van der Waals surface area contributed by atoms with Crippen LogP contribution in [0.2, 0.25) is 0 Å². The molecule has 0 spiro atoms. The van der Waals surface area contributed by atoms with E-state index in [1.807, 2.05) is 6.92 Å². The molecule has 0 saturated heterocycles. The number of hydrogen-bond acceptors (Lipinski definition) is 3. The van der Waals surface area contributed by atoms with E-state index in [4.69, 9.17) is 12.6 Å². The number of carbonyl (C=O) groups excluding carboxylic acids is 1. The zero-order valence-corrected chi connectivity index (χ0v) is 8.49. The first-order valence-corrected chi connectivity index (χ1v) is 4.92. The van der Waals surface area contributed by atoms with Crippen LogP contribution >= 0.6 is 0 Å². The number of rotatable bonds is 2. The molecule has 1 aromatic rings. The number of anilines is 1. The normalized spacial score (nSPS) is 19.0. The minimum absolute atomic E-state index is 0.147. The van der Waals surface area contributed by atoms with Crippen molar-refractivity contribution in [3.63, 3.8) is 0 Å².